The molecule has 0 radical (unpaired) electrons. The van der Waals surface area contributed by atoms with E-state index in [-0.39, 0.29) is 0 Å². The number of anilines is 2. The summed E-state index contributed by atoms with van der Waals surface area (Å²) in [7, 11) is 3.88. The lowest BCUT2D eigenvalue weighted by atomic mass is 10.0. The van der Waals surface area contributed by atoms with Crippen molar-refractivity contribution in [2.24, 2.45) is 7.05 Å². The quantitative estimate of drug-likeness (QED) is 0.482. The number of aromatic carboxylic acids is 1. The Labute approximate surface area is 184 Å². The number of halogens is 1. The fourth-order valence-corrected chi connectivity index (χ4v) is 4.48. The first-order valence-electron chi connectivity index (χ1n) is 9.81. The van der Waals surface area contributed by atoms with Crippen LogP contribution >= 0.6 is 11.6 Å². The lowest BCUT2D eigenvalue weighted by Crippen LogP contribution is -2.09. The molecule has 4 aromatic rings. The monoisotopic (exact) mass is 430 g/mol. The largest absolute Gasteiger partial charge is 0.478 e. The molecule has 7 heteroatoms. The molecule has 1 aliphatic rings. The molecule has 0 aliphatic heterocycles. The van der Waals surface area contributed by atoms with Gasteiger partial charge in [0, 0.05) is 37.8 Å². The van der Waals surface area contributed by atoms with Crippen LogP contribution in [-0.4, -0.2) is 32.9 Å². The number of hydrogen-bond acceptors (Lipinski definition) is 4. The van der Waals surface area contributed by atoms with Crippen molar-refractivity contribution in [2.75, 3.05) is 11.9 Å². The second-order valence-corrected chi connectivity index (χ2v) is 7.97. The molecule has 31 heavy (non-hydrogen) atoms. The van der Waals surface area contributed by atoms with Crippen molar-refractivity contribution in [1.82, 2.24) is 14.8 Å². The Balaban J connectivity index is 1.55. The summed E-state index contributed by atoms with van der Waals surface area (Å²) in [6.45, 7) is 0. The standard InChI is InChI=1S/C24H19ClN4O2/c1-28(22-6-4-3-5-19(22)25)15-7-8-17-21(13-15)27-29(2)23(17)14-11-18-16(24(30)31)9-10-26-20(18)12-14/h3-10,12-13H,11H2,1-2H3,(H,30,31). The third kappa shape index (κ3) is 3.16. The maximum absolute atomic E-state index is 11.6. The van der Waals surface area contributed by atoms with Gasteiger partial charge in [0.15, 0.2) is 0 Å². The Hall–Kier alpha value is -3.64. The molecule has 2 heterocycles. The predicted molar refractivity (Wildman–Crippen MR) is 123 cm³/mol. The molecule has 0 amide bonds. The van der Waals surface area contributed by atoms with Gasteiger partial charge in [-0.05, 0) is 53.6 Å². The topological polar surface area (TPSA) is 71.2 Å². The first kappa shape index (κ1) is 19.3. The number of allylic oxidation sites excluding steroid dienone is 1. The Kier molecular flexibility index (Phi) is 4.52. The van der Waals surface area contributed by atoms with E-state index in [1.54, 1.807) is 12.3 Å². The van der Waals surface area contributed by atoms with Crippen LogP contribution in [0, 0.1) is 0 Å². The van der Waals surface area contributed by atoms with E-state index in [1.807, 2.05) is 66.2 Å². The third-order valence-electron chi connectivity index (χ3n) is 5.72. The third-order valence-corrected chi connectivity index (χ3v) is 6.04. The minimum absolute atomic E-state index is 0.298. The molecular formula is C24H19ClN4O2. The van der Waals surface area contributed by atoms with Crippen molar-refractivity contribution in [3.63, 3.8) is 0 Å². The molecule has 0 fully saturated rings. The number of carbonyl (C=O) groups is 1. The molecule has 0 saturated heterocycles. The fraction of sp³-hybridized carbons (Fsp3) is 0.125. The summed E-state index contributed by atoms with van der Waals surface area (Å²) in [5.74, 6) is -0.935. The Morgan fingerprint density at radius 3 is 2.77 bits per heavy atom. The number of hydrogen-bond donors (Lipinski definition) is 1. The number of carboxylic acids is 1. The van der Waals surface area contributed by atoms with Gasteiger partial charge >= 0.3 is 5.97 Å². The van der Waals surface area contributed by atoms with E-state index in [9.17, 15) is 9.90 Å². The van der Waals surface area contributed by atoms with Crippen LogP contribution in [-0.2, 0) is 13.5 Å². The highest BCUT2D eigenvalue weighted by atomic mass is 35.5. The second kappa shape index (κ2) is 7.25. The van der Waals surface area contributed by atoms with Gasteiger partial charge in [0.25, 0.3) is 0 Å². The van der Waals surface area contributed by atoms with Crippen molar-refractivity contribution in [1.29, 1.82) is 0 Å². The van der Waals surface area contributed by atoms with Gasteiger partial charge < -0.3 is 10.0 Å². The number of carboxylic acid groups (broad SMARTS) is 1. The first-order chi connectivity index (χ1) is 14.9. The number of benzene rings is 2. The number of rotatable bonds is 4. The smallest absolute Gasteiger partial charge is 0.336 e. The van der Waals surface area contributed by atoms with E-state index in [0.717, 1.165) is 39.1 Å². The molecule has 2 aromatic carbocycles. The van der Waals surface area contributed by atoms with Crippen LogP contribution in [0.1, 0.15) is 27.3 Å². The molecule has 0 spiro atoms. The zero-order chi connectivity index (χ0) is 21.7. The van der Waals surface area contributed by atoms with Crippen LogP contribution in [0.15, 0.2) is 54.7 Å². The van der Waals surface area contributed by atoms with Gasteiger partial charge in [-0.3, -0.25) is 9.67 Å². The molecule has 2 aromatic heterocycles. The van der Waals surface area contributed by atoms with Crippen LogP contribution in [0.5, 0.6) is 0 Å². The number of aryl methyl sites for hydroxylation is 1. The normalized spacial score (nSPS) is 12.7. The van der Waals surface area contributed by atoms with Gasteiger partial charge in [-0.1, -0.05) is 23.7 Å². The van der Waals surface area contributed by atoms with Crippen LogP contribution < -0.4 is 4.90 Å². The molecule has 0 saturated carbocycles. The molecule has 0 unspecified atom stereocenters. The van der Waals surface area contributed by atoms with Crippen LogP contribution in [0.3, 0.4) is 0 Å². The van der Waals surface area contributed by atoms with Gasteiger partial charge in [0.05, 0.1) is 33.2 Å². The van der Waals surface area contributed by atoms with Crippen molar-refractivity contribution >= 4 is 51.5 Å². The van der Waals surface area contributed by atoms with Crippen molar-refractivity contribution in [3.05, 3.63) is 82.3 Å². The van der Waals surface area contributed by atoms with Gasteiger partial charge in [0.1, 0.15) is 0 Å². The minimum Gasteiger partial charge on any atom is -0.478 e. The summed E-state index contributed by atoms with van der Waals surface area (Å²) >= 11 is 6.37. The summed E-state index contributed by atoms with van der Waals surface area (Å²) in [5, 5.41) is 15.9. The van der Waals surface area contributed by atoms with Crippen molar-refractivity contribution in [2.45, 2.75) is 6.42 Å². The summed E-state index contributed by atoms with van der Waals surface area (Å²) in [6, 6.07) is 15.4. The van der Waals surface area contributed by atoms with Gasteiger partial charge in [-0.25, -0.2) is 4.79 Å². The molecule has 0 bridgehead atoms. The minimum atomic E-state index is -0.935. The van der Waals surface area contributed by atoms with E-state index in [2.05, 4.69) is 11.1 Å². The van der Waals surface area contributed by atoms with Gasteiger partial charge in [-0.2, -0.15) is 5.10 Å². The SMILES string of the molecule is CN(c1ccc2c(C3=Cc4nccc(C(=O)O)c4C3)n(C)nc2c1)c1ccccc1Cl. The highest BCUT2D eigenvalue weighted by Crippen LogP contribution is 2.37. The fourth-order valence-electron chi connectivity index (χ4n) is 4.22. The predicted octanol–water partition coefficient (Wildman–Crippen LogP) is 5.18. The van der Waals surface area contributed by atoms with Crippen LogP contribution in [0.2, 0.25) is 5.02 Å². The summed E-state index contributed by atoms with van der Waals surface area (Å²) in [4.78, 5) is 18.0. The van der Waals surface area contributed by atoms with E-state index in [1.165, 1.54) is 0 Å². The molecule has 5 rings (SSSR count). The van der Waals surface area contributed by atoms with E-state index in [0.29, 0.717) is 22.7 Å². The van der Waals surface area contributed by atoms with Gasteiger partial charge in [0.2, 0.25) is 0 Å². The van der Waals surface area contributed by atoms with Gasteiger partial charge in [-0.15, -0.1) is 0 Å². The van der Waals surface area contributed by atoms with E-state index < -0.39 is 5.97 Å². The summed E-state index contributed by atoms with van der Waals surface area (Å²) in [6.07, 6.45) is 4.02. The lowest BCUT2D eigenvalue weighted by Gasteiger charge is -2.20. The number of nitrogens with zero attached hydrogens (tertiary/aromatic N) is 4. The zero-order valence-corrected chi connectivity index (χ0v) is 17.8. The summed E-state index contributed by atoms with van der Waals surface area (Å²) < 4.78 is 1.85. The lowest BCUT2D eigenvalue weighted by molar-refractivity contribution is 0.0695. The summed E-state index contributed by atoms with van der Waals surface area (Å²) in [5.41, 5.74) is 6.48. The highest BCUT2D eigenvalue weighted by molar-refractivity contribution is 6.33. The highest BCUT2D eigenvalue weighted by Gasteiger charge is 2.25. The molecule has 0 atom stereocenters. The molecular weight excluding hydrogens is 412 g/mol. The zero-order valence-electron chi connectivity index (χ0n) is 17.0. The first-order valence-corrected chi connectivity index (χ1v) is 10.2. The van der Waals surface area contributed by atoms with E-state index >= 15 is 0 Å². The maximum atomic E-state index is 11.6. The van der Waals surface area contributed by atoms with Crippen LogP contribution in [0.25, 0.3) is 22.6 Å². The molecule has 1 aliphatic carbocycles. The van der Waals surface area contributed by atoms with Crippen molar-refractivity contribution in [3.8, 4) is 0 Å². The maximum Gasteiger partial charge on any atom is 0.336 e. The Bertz CT molecular complexity index is 1390. The average Bonchev–Trinajstić information content (AvgIpc) is 3.32. The number of aromatic nitrogens is 3. The molecule has 6 nitrogen and oxygen atoms in total. The van der Waals surface area contributed by atoms with E-state index in [4.69, 9.17) is 16.7 Å². The second-order valence-electron chi connectivity index (χ2n) is 7.56. The Morgan fingerprint density at radius 2 is 2.00 bits per heavy atom. The Morgan fingerprint density at radius 1 is 1.19 bits per heavy atom. The molecule has 154 valence electrons. The number of pyridine rings is 1. The average molecular weight is 431 g/mol. The number of fused-ring (bicyclic) bond motifs is 2. The van der Waals surface area contributed by atoms with Crippen molar-refractivity contribution < 1.29 is 9.90 Å². The van der Waals surface area contributed by atoms with Crippen LogP contribution in [0.4, 0.5) is 11.4 Å². The molecule has 1 N–H and O–H groups in total. The number of para-hydroxylation sites is 1.